The van der Waals surface area contributed by atoms with Gasteiger partial charge in [-0.05, 0) is 24.8 Å². The summed E-state index contributed by atoms with van der Waals surface area (Å²) >= 11 is 0. The van der Waals surface area contributed by atoms with Crippen LogP contribution in [-0.4, -0.2) is 11.7 Å². The number of hydrogen-bond donors (Lipinski definition) is 1. The van der Waals surface area contributed by atoms with E-state index in [0.717, 1.165) is 0 Å². The SMILES string of the molecule is N#CCC(O)c1ccc(OCC2CCCCC2)o1. The zero-order valence-electron chi connectivity index (χ0n) is 10.5. The first-order chi connectivity index (χ1) is 8.79. The van der Waals surface area contributed by atoms with Crippen molar-refractivity contribution in [3.63, 3.8) is 0 Å². The van der Waals surface area contributed by atoms with Gasteiger partial charge in [0.05, 0.1) is 19.1 Å². The minimum Gasteiger partial charge on any atom is -0.465 e. The Kier molecular flexibility index (Phi) is 4.66. The third-order valence-corrected chi connectivity index (χ3v) is 3.40. The second kappa shape index (κ2) is 6.46. The number of rotatable bonds is 5. The standard InChI is InChI=1S/C14H19NO3/c15-9-8-12(16)13-6-7-14(18-13)17-10-11-4-2-1-3-5-11/h6-7,11-12,16H,1-5,8,10H2. The molecule has 1 atom stereocenters. The molecule has 1 aromatic rings. The largest absolute Gasteiger partial charge is 0.465 e. The van der Waals surface area contributed by atoms with Crippen LogP contribution in [0.5, 0.6) is 5.95 Å². The summed E-state index contributed by atoms with van der Waals surface area (Å²) in [5, 5.41) is 18.1. The van der Waals surface area contributed by atoms with Gasteiger partial charge in [0.2, 0.25) is 0 Å². The number of nitrogens with zero attached hydrogens (tertiary/aromatic N) is 1. The van der Waals surface area contributed by atoms with E-state index in [1.165, 1.54) is 32.1 Å². The van der Waals surface area contributed by atoms with Gasteiger partial charge in [-0.3, -0.25) is 0 Å². The van der Waals surface area contributed by atoms with Crippen molar-refractivity contribution in [1.29, 1.82) is 5.26 Å². The molecule has 1 unspecified atom stereocenters. The highest BCUT2D eigenvalue weighted by molar-refractivity contribution is 5.14. The van der Waals surface area contributed by atoms with Crippen molar-refractivity contribution in [2.45, 2.75) is 44.6 Å². The van der Waals surface area contributed by atoms with E-state index < -0.39 is 6.10 Å². The predicted octanol–water partition coefficient (Wildman–Crippen LogP) is 3.19. The first-order valence-electron chi connectivity index (χ1n) is 6.57. The summed E-state index contributed by atoms with van der Waals surface area (Å²) in [4.78, 5) is 0. The third-order valence-electron chi connectivity index (χ3n) is 3.40. The van der Waals surface area contributed by atoms with E-state index >= 15 is 0 Å². The summed E-state index contributed by atoms with van der Waals surface area (Å²) in [5.41, 5.74) is 0. The van der Waals surface area contributed by atoms with Gasteiger partial charge in [0.1, 0.15) is 11.9 Å². The molecule has 18 heavy (non-hydrogen) atoms. The van der Waals surface area contributed by atoms with E-state index in [-0.39, 0.29) is 6.42 Å². The number of nitriles is 1. The zero-order chi connectivity index (χ0) is 12.8. The Morgan fingerprint density at radius 1 is 1.39 bits per heavy atom. The van der Waals surface area contributed by atoms with E-state index in [1.807, 2.05) is 6.07 Å². The number of aliphatic hydroxyl groups excluding tert-OH is 1. The fourth-order valence-electron chi connectivity index (χ4n) is 2.33. The molecule has 0 amide bonds. The third kappa shape index (κ3) is 3.51. The minimum absolute atomic E-state index is 0.0373. The molecule has 0 bridgehead atoms. The summed E-state index contributed by atoms with van der Waals surface area (Å²) in [6, 6.07) is 5.28. The van der Waals surface area contributed by atoms with Crippen LogP contribution in [0.4, 0.5) is 0 Å². The van der Waals surface area contributed by atoms with Gasteiger partial charge in [-0.1, -0.05) is 19.3 Å². The van der Waals surface area contributed by atoms with E-state index in [9.17, 15) is 5.11 Å². The maximum Gasteiger partial charge on any atom is 0.284 e. The minimum atomic E-state index is -0.859. The van der Waals surface area contributed by atoms with Crippen LogP contribution in [-0.2, 0) is 0 Å². The maximum atomic E-state index is 9.58. The molecule has 98 valence electrons. The Balaban J connectivity index is 1.81. The van der Waals surface area contributed by atoms with Crippen LogP contribution in [0.25, 0.3) is 0 Å². The van der Waals surface area contributed by atoms with Gasteiger partial charge in [-0.2, -0.15) is 5.26 Å². The number of aliphatic hydroxyl groups is 1. The van der Waals surface area contributed by atoms with Crippen LogP contribution in [0.1, 0.15) is 50.4 Å². The van der Waals surface area contributed by atoms with Crippen molar-refractivity contribution in [3.8, 4) is 12.0 Å². The molecule has 0 aliphatic heterocycles. The molecule has 0 radical (unpaired) electrons. The summed E-state index contributed by atoms with van der Waals surface area (Å²) in [6.07, 6.45) is 5.55. The summed E-state index contributed by atoms with van der Waals surface area (Å²) < 4.78 is 11.0. The fourth-order valence-corrected chi connectivity index (χ4v) is 2.33. The van der Waals surface area contributed by atoms with Crippen LogP contribution in [0.15, 0.2) is 16.5 Å². The molecule has 1 saturated carbocycles. The molecule has 1 fully saturated rings. The summed E-state index contributed by atoms with van der Waals surface area (Å²) in [6.45, 7) is 0.682. The lowest BCUT2D eigenvalue weighted by Gasteiger charge is -2.20. The van der Waals surface area contributed by atoms with Crippen molar-refractivity contribution in [2.75, 3.05) is 6.61 Å². The molecule has 0 spiro atoms. The Hall–Kier alpha value is -1.47. The highest BCUT2D eigenvalue weighted by atomic mass is 16.6. The number of furan rings is 1. The average Bonchev–Trinajstić information content (AvgIpc) is 2.87. The lowest BCUT2D eigenvalue weighted by atomic mass is 9.90. The molecule has 0 saturated heterocycles. The summed E-state index contributed by atoms with van der Waals surface area (Å²) in [5.74, 6) is 1.46. The predicted molar refractivity (Wildman–Crippen MR) is 66.0 cm³/mol. The lowest BCUT2D eigenvalue weighted by molar-refractivity contribution is 0.130. The second-order valence-corrected chi connectivity index (χ2v) is 4.85. The van der Waals surface area contributed by atoms with Gasteiger partial charge >= 0.3 is 0 Å². The van der Waals surface area contributed by atoms with Gasteiger partial charge in [0, 0.05) is 6.07 Å². The van der Waals surface area contributed by atoms with Gasteiger partial charge in [0.15, 0.2) is 0 Å². The molecule has 1 heterocycles. The molecule has 1 N–H and O–H groups in total. The first-order valence-corrected chi connectivity index (χ1v) is 6.57. The first kappa shape index (κ1) is 13.0. The molecule has 1 aliphatic rings. The van der Waals surface area contributed by atoms with Crippen molar-refractivity contribution in [1.82, 2.24) is 0 Å². The average molecular weight is 249 g/mol. The molecular weight excluding hydrogens is 230 g/mol. The molecule has 4 nitrogen and oxygen atoms in total. The Morgan fingerprint density at radius 3 is 2.89 bits per heavy atom. The summed E-state index contributed by atoms with van der Waals surface area (Å²) in [7, 11) is 0. The van der Waals surface area contributed by atoms with Crippen LogP contribution in [0.2, 0.25) is 0 Å². The highest BCUT2D eigenvalue weighted by Gasteiger charge is 2.16. The van der Waals surface area contributed by atoms with E-state index in [2.05, 4.69) is 0 Å². The van der Waals surface area contributed by atoms with Gasteiger partial charge in [-0.15, -0.1) is 0 Å². The van der Waals surface area contributed by atoms with E-state index in [0.29, 0.717) is 24.2 Å². The fraction of sp³-hybridized carbons (Fsp3) is 0.643. The Morgan fingerprint density at radius 2 is 2.17 bits per heavy atom. The van der Waals surface area contributed by atoms with Crippen LogP contribution >= 0.6 is 0 Å². The zero-order valence-corrected chi connectivity index (χ0v) is 10.5. The van der Waals surface area contributed by atoms with Crippen LogP contribution in [0, 0.1) is 17.2 Å². The Bertz CT molecular complexity index is 401. The normalized spacial score (nSPS) is 18.2. The molecular formula is C14H19NO3. The smallest absolute Gasteiger partial charge is 0.284 e. The number of hydrogen-bond acceptors (Lipinski definition) is 4. The molecule has 2 rings (SSSR count). The van der Waals surface area contributed by atoms with Gasteiger partial charge in [0.25, 0.3) is 5.95 Å². The topological polar surface area (TPSA) is 66.4 Å². The monoisotopic (exact) mass is 249 g/mol. The lowest BCUT2D eigenvalue weighted by Crippen LogP contribution is -2.14. The molecule has 0 aromatic carbocycles. The van der Waals surface area contributed by atoms with Crippen molar-refractivity contribution < 1.29 is 14.3 Å². The van der Waals surface area contributed by atoms with E-state index in [4.69, 9.17) is 14.4 Å². The van der Waals surface area contributed by atoms with Crippen molar-refractivity contribution in [2.24, 2.45) is 5.92 Å². The van der Waals surface area contributed by atoms with Crippen molar-refractivity contribution >= 4 is 0 Å². The van der Waals surface area contributed by atoms with Crippen LogP contribution in [0.3, 0.4) is 0 Å². The highest BCUT2D eigenvalue weighted by Crippen LogP contribution is 2.27. The molecule has 4 heteroatoms. The van der Waals surface area contributed by atoms with E-state index in [1.54, 1.807) is 12.1 Å². The quantitative estimate of drug-likeness (QED) is 0.870. The second-order valence-electron chi connectivity index (χ2n) is 4.85. The molecule has 1 aromatic heterocycles. The van der Waals surface area contributed by atoms with Gasteiger partial charge < -0.3 is 14.3 Å². The van der Waals surface area contributed by atoms with Crippen LogP contribution < -0.4 is 4.74 Å². The maximum absolute atomic E-state index is 9.58. The van der Waals surface area contributed by atoms with Gasteiger partial charge in [-0.25, -0.2) is 0 Å². The Labute approximate surface area is 107 Å². The number of ether oxygens (including phenoxy) is 1. The molecule has 1 aliphatic carbocycles. The van der Waals surface area contributed by atoms with Crippen molar-refractivity contribution in [3.05, 3.63) is 17.9 Å².